The molecule has 3 amide bonds. The highest BCUT2D eigenvalue weighted by Gasteiger charge is 2.28. The van der Waals surface area contributed by atoms with Gasteiger partial charge in [-0.1, -0.05) is 0 Å². The molecule has 0 unspecified atom stereocenters. The van der Waals surface area contributed by atoms with Crippen molar-refractivity contribution in [3.63, 3.8) is 0 Å². The van der Waals surface area contributed by atoms with Crippen LogP contribution < -0.4 is 5.32 Å². The monoisotopic (exact) mass is 214 g/mol. The van der Waals surface area contributed by atoms with Gasteiger partial charge in [0.2, 0.25) is 5.91 Å². The molecule has 1 heterocycles. The molecule has 5 nitrogen and oxygen atoms in total. The Labute approximate surface area is 86.5 Å². The van der Waals surface area contributed by atoms with E-state index < -0.39 is 11.8 Å². The second kappa shape index (κ2) is 4.28. The van der Waals surface area contributed by atoms with E-state index in [4.69, 9.17) is 0 Å². The highest BCUT2D eigenvalue weighted by Crippen LogP contribution is 2.15. The van der Waals surface area contributed by atoms with E-state index in [1.54, 1.807) is 0 Å². The summed E-state index contributed by atoms with van der Waals surface area (Å²) in [5.41, 5.74) is 0. The molecule has 0 fully saturated rings. The highest BCUT2D eigenvalue weighted by atomic mass is 32.1. The van der Waals surface area contributed by atoms with Gasteiger partial charge in [-0.15, -0.1) is 12.6 Å². The molecule has 14 heavy (non-hydrogen) atoms. The van der Waals surface area contributed by atoms with Gasteiger partial charge in [-0.3, -0.25) is 19.3 Å². The van der Waals surface area contributed by atoms with Crippen LogP contribution in [-0.2, 0) is 14.4 Å². The first-order valence-electron chi connectivity index (χ1n) is 4.03. The number of nitrogens with zero attached hydrogens (tertiary/aromatic N) is 1. The number of thiol groups is 1. The summed E-state index contributed by atoms with van der Waals surface area (Å²) in [7, 11) is 1.50. The van der Waals surface area contributed by atoms with Gasteiger partial charge >= 0.3 is 0 Å². The minimum absolute atomic E-state index is 0.0951. The summed E-state index contributed by atoms with van der Waals surface area (Å²) < 4.78 is 0. The molecule has 1 aliphatic heterocycles. The number of hydrogen-bond donors (Lipinski definition) is 2. The molecular weight excluding hydrogens is 204 g/mol. The Bertz CT molecular complexity index is 325. The summed E-state index contributed by atoms with van der Waals surface area (Å²) in [6, 6.07) is 0. The summed E-state index contributed by atoms with van der Waals surface area (Å²) in [5, 5.41) is 2.41. The molecular formula is C8H10N2O3S. The van der Waals surface area contributed by atoms with E-state index in [9.17, 15) is 14.4 Å². The average Bonchev–Trinajstić information content (AvgIpc) is 2.39. The van der Waals surface area contributed by atoms with E-state index >= 15 is 0 Å². The van der Waals surface area contributed by atoms with Crippen molar-refractivity contribution in [1.82, 2.24) is 10.2 Å². The highest BCUT2D eigenvalue weighted by molar-refractivity contribution is 7.85. The number of hydrogen-bond acceptors (Lipinski definition) is 4. The molecule has 0 spiro atoms. The molecule has 0 aliphatic carbocycles. The van der Waals surface area contributed by atoms with E-state index in [1.807, 2.05) is 0 Å². The summed E-state index contributed by atoms with van der Waals surface area (Å²) in [6.45, 7) is 0.0951. The van der Waals surface area contributed by atoms with Gasteiger partial charge in [-0.25, -0.2) is 0 Å². The van der Waals surface area contributed by atoms with E-state index in [0.29, 0.717) is 0 Å². The van der Waals surface area contributed by atoms with E-state index in [1.165, 1.54) is 7.05 Å². The van der Waals surface area contributed by atoms with Gasteiger partial charge in [0.25, 0.3) is 11.8 Å². The zero-order valence-electron chi connectivity index (χ0n) is 7.61. The molecule has 0 atom stereocenters. The number of nitrogens with one attached hydrogen (secondary N) is 1. The van der Waals surface area contributed by atoms with Crippen molar-refractivity contribution in [2.24, 2.45) is 0 Å². The molecule has 0 saturated carbocycles. The van der Waals surface area contributed by atoms with Crippen LogP contribution in [0.15, 0.2) is 11.0 Å². The lowest BCUT2D eigenvalue weighted by Gasteiger charge is -2.12. The lowest BCUT2D eigenvalue weighted by Crippen LogP contribution is -2.34. The number of amides is 3. The predicted octanol–water partition coefficient (Wildman–Crippen LogP) is -0.695. The third kappa shape index (κ3) is 2.14. The molecule has 0 aromatic rings. The fourth-order valence-corrected chi connectivity index (χ4v) is 1.28. The molecule has 0 aromatic carbocycles. The second-order valence-corrected chi connectivity index (χ2v) is 3.23. The molecule has 0 aromatic heterocycles. The van der Waals surface area contributed by atoms with E-state index in [0.717, 1.165) is 11.0 Å². The molecule has 76 valence electrons. The van der Waals surface area contributed by atoms with Crippen LogP contribution in [0.3, 0.4) is 0 Å². The lowest BCUT2D eigenvalue weighted by molar-refractivity contribution is -0.137. The van der Waals surface area contributed by atoms with Gasteiger partial charge in [0.15, 0.2) is 0 Å². The summed E-state index contributed by atoms with van der Waals surface area (Å²) in [4.78, 5) is 34.4. The number of rotatable bonds is 3. The number of carbonyl (C=O) groups is 3. The van der Waals surface area contributed by atoms with Crippen molar-refractivity contribution in [2.75, 3.05) is 13.6 Å². The Morgan fingerprint density at radius 2 is 2.21 bits per heavy atom. The van der Waals surface area contributed by atoms with Crippen molar-refractivity contribution in [2.45, 2.75) is 6.42 Å². The summed E-state index contributed by atoms with van der Waals surface area (Å²) >= 11 is 3.82. The fraction of sp³-hybridized carbons (Fsp3) is 0.375. The maximum absolute atomic E-state index is 11.2. The average molecular weight is 214 g/mol. The van der Waals surface area contributed by atoms with Gasteiger partial charge in [-0.05, 0) is 0 Å². The standard InChI is InChI=1S/C8H10N2O3S/c1-9-6(11)2-3-10-7(12)4-5(14)8(10)13/h4,14H,2-3H2,1H3,(H,9,11). The van der Waals surface area contributed by atoms with Crippen LogP contribution in [0.4, 0.5) is 0 Å². The predicted molar refractivity (Wildman–Crippen MR) is 52.5 cm³/mol. The molecule has 0 radical (unpaired) electrons. The lowest BCUT2D eigenvalue weighted by atomic mass is 10.3. The van der Waals surface area contributed by atoms with Crippen LogP contribution >= 0.6 is 12.6 Å². The maximum atomic E-state index is 11.2. The smallest absolute Gasteiger partial charge is 0.267 e. The summed E-state index contributed by atoms with van der Waals surface area (Å²) in [5.74, 6) is -1.07. The zero-order chi connectivity index (χ0) is 10.7. The summed E-state index contributed by atoms with van der Waals surface area (Å²) in [6.07, 6.45) is 1.26. The van der Waals surface area contributed by atoms with E-state index in [-0.39, 0.29) is 23.8 Å². The van der Waals surface area contributed by atoms with Crippen molar-refractivity contribution >= 4 is 30.4 Å². The topological polar surface area (TPSA) is 66.5 Å². The Balaban J connectivity index is 2.52. The Morgan fingerprint density at radius 1 is 1.57 bits per heavy atom. The van der Waals surface area contributed by atoms with Crippen LogP contribution in [0.2, 0.25) is 0 Å². The Hall–Kier alpha value is -1.30. The zero-order valence-corrected chi connectivity index (χ0v) is 8.51. The minimum atomic E-state index is -0.442. The second-order valence-electron chi connectivity index (χ2n) is 2.75. The van der Waals surface area contributed by atoms with Gasteiger partial charge in [-0.2, -0.15) is 0 Å². The molecule has 1 N–H and O–H groups in total. The van der Waals surface area contributed by atoms with Gasteiger partial charge < -0.3 is 5.32 Å². The third-order valence-electron chi connectivity index (χ3n) is 1.83. The quantitative estimate of drug-likeness (QED) is 0.482. The normalized spacial score (nSPS) is 15.9. The van der Waals surface area contributed by atoms with Crippen molar-refractivity contribution < 1.29 is 14.4 Å². The first kappa shape index (κ1) is 10.8. The van der Waals surface area contributed by atoms with Crippen LogP contribution in [0.5, 0.6) is 0 Å². The van der Waals surface area contributed by atoms with Crippen molar-refractivity contribution in [3.8, 4) is 0 Å². The van der Waals surface area contributed by atoms with E-state index in [2.05, 4.69) is 17.9 Å². The van der Waals surface area contributed by atoms with Crippen molar-refractivity contribution in [3.05, 3.63) is 11.0 Å². The molecule has 0 bridgehead atoms. The van der Waals surface area contributed by atoms with Crippen LogP contribution in [0.1, 0.15) is 6.42 Å². The van der Waals surface area contributed by atoms with Crippen LogP contribution in [-0.4, -0.2) is 36.2 Å². The first-order chi connectivity index (χ1) is 6.56. The Morgan fingerprint density at radius 3 is 2.64 bits per heavy atom. The maximum Gasteiger partial charge on any atom is 0.267 e. The largest absolute Gasteiger partial charge is 0.359 e. The minimum Gasteiger partial charge on any atom is -0.359 e. The Kier molecular flexibility index (Phi) is 3.29. The SMILES string of the molecule is CNC(=O)CCN1C(=O)C=C(S)C1=O. The van der Waals surface area contributed by atoms with Gasteiger partial charge in [0.1, 0.15) is 0 Å². The molecule has 1 aliphatic rings. The number of carbonyl (C=O) groups excluding carboxylic acids is 3. The van der Waals surface area contributed by atoms with Crippen LogP contribution in [0, 0.1) is 0 Å². The van der Waals surface area contributed by atoms with Gasteiger partial charge in [0.05, 0.1) is 4.91 Å². The fourth-order valence-electron chi connectivity index (χ4n) is 1.05. The van der Waals surface area contributed by atoms with Crippen LogP contribution in [0.25, 0.3) is 0 Å². The van der Waals surface area contributed by atoms with Gasteiger partial charge in [0, 0.05) is 26.1 Å². The third-order valence-corrected chi connectivity index (χ3v) is 2.15. The van der Waals surface area contributed by atoms with Crippen molar-refractivity contribution in [1.29, 1.82) is 0 Å². The first-order valence-corrected chi connectivity index (χ1v) is 4.48. The molecule has 0 saturated heterocycles. The molecule has 1 rings (SSSR count). The molecule has 6 heteroatoms. The number of imide groups is 1.